The van der Waals surface area contributed by atoms with E-state index in [9.17, 15) is 0 Å². The first kappa shape index (κ1) is 42.5. The molecule has 0 atom stereocenters. The fourth-order valence-corrected chi connectivity index (χ4v) is 5.36. The molecular formula is C39H51Cl2FeN3. The minimum atomic E-state index is 0. The maximum atomic E-state index is 5.24. The van der Waals surface area contributed by atoms with Crippen LogP contribution in [0.1, 0.15) is 138 Å². The first-order chi connectivity index (χ1) is 19.9. The molecule has 0 fully saturated rings. The number of hydrogen-bond acceptors (Lipinski definition) is 3. The average molecular weight is 689 g/mol. The molecule has 6 heteroatoms. The van der Waals surface area contributed by atoms with Crippen molar-refractivity contribution >= 4 is 22.8 Å². The second-order valence-corrected chi connectivity index (χ2v) is 12.7. The van der Waals surface area contributed by atoms with E-state index in [-0.39, 0.29) is 41.9 Å². The number of rotatable bonds is 12. The Bertz CT molecular complexity index is 1330. The maximum absolute atomic E-state index is 5.24. The van der Waals surface area contributed by atoms with Crippen molar-refractivity contribution in [2.45, 2.75) is 106 Å². The number of hydrogen-bond donors (Lipinski definition) is 0. The van der Waals surface area contributed by atoms with Crippen molar-refractivity contribution < 1.29 is 41.9 Å². The smallest absolute Gasteiger partial charge is 1.00 e. The molecule has 0 saturated carbocycles. The van der Waals surface area contributed by atoms with E-state index in [4.69, 9.17) is 15.0 Å². The Labute approximate surface area is 296 Å². The van der Waals surface area contributed by atoms with Crippen LogP contribution in [0.15, 0.2) is 77.8 Å². The van der Waals surface area contributed by atoms with Crippen molar-refractivity contribution in [2.24, 2.45) is 9.98 Å². The molecule has 0 radical (unpaired) electrons. The zero-order valence-electron chi connectivity index (χ0n) is 28.8. The van der Waals surface area contributed by atoms with Gasteiger partial charge >= 0.3 is 17.1 Å². The van der Waals surface area contributed by atoms with Gasteiger partial charge in [0.2, 0.25) is 0 Å². The number of benzene rings is 2. The van der Waals surface area contributed by atoms with Gasteiger partial charge in [-0.2, -0.15) is 0 Å². The van der Waals surface area contributed by atoms with Crippen LogP contribution in [0.25, 0.3) is 0 Å². The third-order valence-corrected chi connectivity index (χ3v) is 7.75. The van der Waals surface area contributed by atoms with Crippen molar-refractivity contribution in [2.75, 3.05) is 0 Å². The maximum Gasteiger partial charge on any atom is 2.00 e. The van der Waals surface area contributed by atoms with E-state index in [1.54, 1.807) is 0 Å². The Hall–Kier alpha value is -2.49. The number of halogens is 2. The molecule has 244 valence electrons. The quantitative estimate of drug-likeness (QED) is 0.144. The Morgan fingerprint density at radius 1 is 0.622 bits per heavy atom. The van der Waals surface area contributed by atoms with Gasteiger partial charge in [0, 0.05) is 0 Å². The third kappa shape index (κ3) is 10.8. The molecule has 2 aromatic carbocycles. The molecule has 0 aliphatic heterocycles. The Balaban J connectivity index is 0.00000645. The van der Waals surface area contributed by atoms with E-state index in [2.05, 4.69) is 125 Å². The standard InChI is InChI=1S/C39H51N3.2ClH.Fe/c1-13-16-30-20-32(24(3)4)38(33(21-30)25(5)6)40-28(11)36-18-15-19-37(42-36)29(12)41-39-34(26(7)8)22-31(17-14-2)23-35(39)27(9)10;;;/h13-15,18-27H,1-2,16-17H2,3-12H3;2*1H;/q;;;+2/p-2. The fourth-order valence-electron chi connectivity index (χ4n) is 5.36. The average Bonchev–Trinajstić information content (AvgIpc) is 2.93. The summed E-state index contributed by atoms with van der Waals surface area (Å²) in [5.74, 6) is 1.43. The van der Waals surface area contributed by atoms with Crippen LogP contribution < -0.4 is 24.8 Å². The molecule has 0 aliphatic carbocycles. The molecule has 1 aromatic heterocycles. The SMILES string of the molecule is C=CCc1cc(C(C)C)c(N=C(C)c2cccc(C(C)=Nc3c(C(C)C)cc(CC=C)cc3C(C)C)n2)c(C(C)C)c1.[Cl-].[Cl-].[Fe+2]. The summed E-state index contributed by atoms with van der Waals surface area (Å²) in [5, 5.41) is 0. The monoisotopic (exact) mass is 687 g/mol. The van der Waals surface area contributed by atoms with Crippen LogP contribution in [-0.4, -0.2) is 16.4 Å². The molecule has 3 rings (SSSR count). The molecule has 3 nitrogen and oxygen atoms in total. The molecule has 1 heterocycles. The molecule has 0 saturated heterocycles. The van der Waals surface area contributed by atoms with E-state index >= 15 is 0 Å². The third-order valence-electron chi connectivity index (χ3n) is 7.75. The number of pyridine rings is 1. The molecule has 45 heavy (non-hydrogen) atoms. The van der Waals surface area contributed by atoms with Crippen molar-refractivity contribution in [1.82, 2.24) is 4.98 Å². The molecule has 0 bridgehead atoms. The zero-order chi connectivity index (χ0) is 31.1. The van der Waals surface area contributed by atoms with Gasteiger partial charge in [-0.1, -0.05) is 97.9 Å². The summed E-state index contributed by atoms with van der Waals surface area (Å²) in [6.07, 6.45) is 5.67. The van der Waals surface area contributed by atoms with Gasteiger partial charge in [-0.3, -0.25) is 9.98 Å². The Morgan fingerprint density at radius 3 is 1.16 bits per heavy atom. The van der Waals surface area contributed by atoms with Crippen molar-refractivity contribution in [3.05, 3.63) is 113 Å². The van der Waals surface area contributed by atoms with Crippen LogP contribution in [0.2, 0.25) is 0 Å². The van der Waals surface area contributed by atoms with Gasteiger partial charge in [-0.25, -0.2) is 4.98 Å². The Kier molecular flexibility index (Phi) is 18.2. The largest absolute Gasteiger partial charge is 2.00 e. The van der Waals surface area contributed by atoms with Gasteiger partial charge in [0.05, 0.1) is 34.2 Å². The second kappa shape index (κ2) is 19.2. The molecule has 3 aromatic rings. The van der Waals surface area contributed by atoms with Crippen LogP contribution in [0.4, 0.5) is 11.4 Å². The summed E-state index contributed by atoms with van der Waals surface area (Å²) >= 11 is 0. The molecule has 0 amide bonds. The number of nitrogens with zero attached hydrogens (tertiary/aromatic N) is 3. The van der Waals surface area contributed by atoms with Crippen molar-refractivity contribution in [1.29, 1.82) is 0 Å². The summed E-state index contributed by atoms with van der Waals surface area (Å²) in [4.78, 5) is 15.5. The summed E-state index contributed by atoms with van der Waals surface area (Å²) in [5.41, 5.74) is 13.4. The minimum Gasteiger partial charge on any atom is -1.00 e. The molecule has 0 spiro atoms. The predicted octanol–water partition coefficient (Wildman–Crippen LogP) is 5.32. The minimum absolute atomic E-state index is 0. The van der Waals surface area contributed by atoms with Gasteiger partial charge in [0.25, 0.3) is 0 Å². The normalized spacial score (nSPS) is 11.8. The summed E-state index contributed by atoms with van der Waals surface area (Å²) < 4.78 is 0. The van der Waals surface area contributed by atoms with Crippen LogP contribution in [0.5, 0.6) is 0 Å². The summed E-state index contributed by atoms with van der Waals surface area (Å²) in [7, 11) is 0. The number of allylic oxidation sites excluding steroid dienone is 2. The van der Waals surface area contributed by atoms with E-state index in [1.807, 2.05) is 12.2 Å². The van der Waals surface area contributed by atoms with Gasteiger partial charge in [0.1, 0.15) is 0 Å². The number of aliphatic imine (C=N–C) groups is 2. The van der Waals surface area contributed by atoms with Crippen LogP contribution in [-0.2, 0) is 29.9 Å². The molecule has 0 N–H and O–H groups in total. The summed E-state index contributed by atoms with van der Waals surface area (Å²) in [6, 6.07) is 15.3. The summed E-state index contributed by atoms with van der Waals surface area (Å²) in [6.45, 7) is 30.0. The predicted molar refractivity (Wildman–Crippen MR) is 185 cm³/mol. The topological polar surface area (TPSA) is 37.6 Å². The number of aromatic nitrogens is 1. The van der Waals surface area contributed by atoms with Gasteiger partial charge in [-0.15, -0.1) is 13.2 Å². The first-order valence-electron chi connectivity index (χ1n) is 15.5. The molecular weight excluding hydrogens is 637 g/mol. The Morgan fingerprint density at radius 2 is 0.911 bits per heavy atom. The zero-order valence-corrected chi connectivity index (χ0v) is 31.4. The fraction of sp³-hybridized carbons (Fsp3) is 0.410. The van der Waals surface area contributed by atoms with Crippen LogP contribution in [0.3, 0.4) is 0 Å². The first-order valence-corrected chi connectivity index (χ1v) is 15.5. The van der Waals surface area contributed by atoms with Crippen molar-refractivity contribution in [3.8, 4) is 0 Å². The van der Waals surface area contributed by atoms with E-state index in [0.717, 1.165) is 47.0 Å². The van der Waals surface area contributed by atoms with Crippen LogP contribution >= 0.6 is 0 Å². The van der Waals surface area contributed by atoms with Crippen LogP contribution in [0, 0.1) is 0 Å². The van der Waals surface area contributed by atoms with Gasteiger partial charge in [-0.05, 0) is 95.9 Å². The molecule has 0 unspecified atom stereocenters. The van der Waals surface area contributed by atoms with E-state index < -0.39 is 0 Å². The van der Waals surface area contributed by atoms with E-state index in [0.29, 0.717) is 23.7 Å². The van der Waals surface area contributed by atoms with Gasteiger partial charge in [0.15, 0.2) is 0 Å². The van der Waals surface area contributed by atoms with E-state index in [1.165, 1.54) is 33.4 Å². The van der Waals surface area contributed by atoms with Gasteiger partial charge < -0.3 is 24.8 Å². The molecule has 0 aliphatic rings. The second-order valence-electron chi connectivity index (χ2n) is 12.7. The van der Waals surface area contributed by atoms with Crippen molar-refractivity contribution in [3.63, 3.8) is 0 Å².